The number of hydrogen-bond acceptors (Lipinski definition) is 5. The Morgan fingerprint density at radius 2 is 1.80 bits per heavy atom. The van der Waals surface area contributed by atoms with Crippen LogP contribution in [-0.2, 0) is 21.2 Å². The molecule has 0 radical (unpaired) electrons. The fourth-order valence-corrected chi connectivity index (χ4v) is 6.03. The maximum atomic E-state index is 12.9. The summed E-state index contributed by atoms with van der Waals surface area (Å²) in [6.45, 7) is 6.19. The predicted octanol–water partition coefficient (Wildman–Crippen LogP) is 3.16. The van der Waals surface area contributed by atoms with Gasteiger partial charge in [-0.25, -0.2) is 8.42 Å². The van der Waals surface area contributed by atoms with Gasteiger partial charge in [-0.05, 0) is 62.1 Å². The first kappa shape index (κ1) is 22.5. The van der Waals surface area contributed by atoms with Crippen molar-refractivity contribution in [3.8, 4) is 0 Å². The van der Waals surface area contributed by atoms with E-state index in [0.717, 1.165) is 11.3 Å². The van der Waals surface area contributed by atoms with Crippen molar-refractivity contribution in [2.45, 2.75) is 51.0 Å². The normalized spacial score (nSPS) is 15.7. The van der Waals surface area contributed by atoms with Crippen molar-refractivity contribution >= 4 is 38.9 Å². The standard InChI is InChI=1S/C21H27N3O4S2/c1-4-16-13-20(29-14(16)2)21(26)23-18-9-11-24(12-10-18)30(27,28)19-7-5-17(6-8-19)22-15(3)25/h5-8,13,18H,4,9-12H2,1-3H3,(H,22,25)(H,23,26). The number of rotatable bonds is 6. The van der Waals surface area contributed by atoms with E-state index in [0.29, 0.717) is 36.5 Å². The molecule has 1 aromatic heterocycles. The number of sulfonamides is 1. The number of nitrogens with zero attached hydrogens (tertiary/aromatic N) is 1. The molecule has 1 saturated heterocycles. The Hall–Kier alpha value is -2.23. The first-order valence-corrected chi connectivity index (χ1v) is 12.2. The van der Waals surface area contributed by atoms with Crippen LogP contribution in [0, 0.1) is 6.92 Å². The van der Waals surface area contributed by atoms with Crippen LogP contribution in [0.15, 0.2) is 35.2 Å². The Kier molecular flexibility index (Phi) is 6.95. The molecule has 0 aliphatic carbocycles. The molecule has 30 heavy (non-hydrogen) atoms. The maximum Gasteiger partial charge on any atom is 0.261 e. The van der Waals surface area contributed by atoms with E-state index < -0.39 is 10.0 Å². The molecule has 1 aliphatic rings. The van der Waals surface area contributed by atoms with Crippen LogP contribution in [-0.4, -0.2) is 43.7 Å². The largest absolute Gasteiger partial charge is 0.349 e. The number of hydrogen-bond donors (Lipinski definition) is 2. The fourth-order valence-electron chi connectivity index (χ4n) is 3.54. The molecule has 2 heterocycles. The smallest absolute Gasteiger partial charge is 0.261 e. The van der Waals surface area contributed by atoms with E-state index in [9.17, 15) is 18.0 Å². The summed E-state index contributed by atoms with van der Waals surface area (Å²) in [4.78, 5) is 25.7. The summed E-state index contributed by atoms with van der Waals surface area (Å²) in [5.41, 5.74) is 1.74. The van der Waals surface area contributed by atoms with Crippen LogP contribution in [0.4, 0.5) is 5.69 Å². The van der Waals surface area contributed by atoms with Gasteiger partial charge in [0.1, 0.15) is 0 Å². The van der Waals surface area contributed by atoms with Crippen LogP contribution in [0.1, 0.15) is 46.8 Å². The number of aryl methyl sites for hydroxylation is 2. The molecule has 0 bridgehead atoms. The summed E-state index contributed by atoms with van der Waals surface area (Å²) >= 11 is 1.50. The number of amides is 2. The molecular formula is C21H27N3O4S2. The first-order valence-electron chi connectivity index (χ1n) is 9.98. The molecule has 1 fully saturated rings. The van der Waals surface area contributed by atoms with Crippen molar-refractivity contribution in [2.75, 3.05) is 18.4 Å². The average molecular weight is 450 g/mol. The highest BCUT2D eigenvalue weighted by Crippen LogP contribution is 2.24. The van der Waals surface area contributed by atoms with Crippen LogP contribution in [0.2, 0.25) is 0 Å². The Bertz CT molecular complexity index is 1020. The molecule has 2 aromatic rings. The zero-order valence-electron chi connectivity index (χ0n) is 17.4. The second-order valence-electron chi connectivity index (χ2n) is 7.40. The molecule has 0 unspecified atom stereocenters. The number of piperidine rings is 1. The molecule has 2 amide bonds. The zero-order valence-corrected chi connectivity index (χ0v) is 19.0. The molecule has 162 valence electrons. The lowest BCUT2D eigenvalue weighted by Gasteiger charge is -2.31. The van der Waals surface area contributed by atoms with E-state index in [4.69, 9.17) is 0 Å². The third-order valence-corrected chi connectivity index (χ3v) is 8.23. The lowest BCUT2D eigenvalue weighted by Crippen LogP contribution is -2.46. The van der Waals surface area contributed by atoms with E-state index in [1.165, 1.54) is 40.3 Å². The molecule has 3 rings (SSSR count). The van der Waals surface area contributed by atoms with Crippen LogP contribution in [0.5, 0.6) is 0 Å². The second kappa shape index (κ2) is 9.28. The SMILES string of the molecule is CCc1cc(C(=O)NC2CCN(S(=O)(=O)c3ccc(NC(C)=O)cc3)CC2)sc1C. The summed E-state index contributed by atoms with van der Waals surface area (Å²) in [6, 6.07) is 8.06. The summed E-state index contributed by atoms with van der Waals surface area (Å²) in [5, 5.41) is 5.67. The molecule has 7 nitrogen and oxygen atoms in total. The van der Waals surface area contributed by atoms with E-state index in [2.05, 4.69) is 17.6 Å². The number of carbonyl (C=O) groups is 2. The van der Waals surface area contributed by atoms with Crippen LogP contribution in [0.3, 0.4) is 0 Å². The van der Waals surface area contributed by atoms with Crippen molar-refractivity contribution < 1.29 is 18.0 Å². The minimum atomic E-state index is -3.61. The Morgan fingerprint density at radius 1 is 1.17 bits per heavy atom. The molecule has 0 saturated carbocycles. The third kappa shape index (κ3) is 5.08. The molecule has 2 N–H and O–H groups in total. The second-order valence-corrected chi connectivity index (χ2v) is 10.6. The van der Waals surface area contributed by atoms with E-state index in [1.54, 1.807) is 12.1 Å². The first-order chi connectivity index (χ1) is 14.2. The highest BCUT2D eigenvalue weighted by atomic mass is 32.2. The fraction of sp³-hybridized carbons (Fsp3) is 0.429. The van der Waals surface area contributed by atoms with Crippen molar-refractivity contribution in [2.24, 2.45) is 0 Å². The average Bonchev–Trinajstić information content (AvgIpc) is 3.09. The van der Waals surface area contributed by atoms with Crippen molar-refractivity contribution in [3.05, 3.63) is 45.6 Å². The number of anilines is 1. The van der Waals surface area contributed by atoms with Gasteiger partial charge in [0.2, 0.25) is 15.9 Å². The molecule has 1 aliphatic heterocycles. The number of thiophene rings is 1. The Morgan fingerprint density at radius 3 is 2.33 bits per heavy atom. The van der Waals surface area contributed by atoms with Gasteiger partial charge in [0.05, 0.1) is 9.77 Å². The highest BCUT2D eigenvalue weighted by molar-refractivity contribution is 7.89. The van der Waals surface area contributed by atoms with Gasteiger partial charge < -0.3 is 10.6 Å². The monoisotopic (exact) mass is 449 g/mol. The van der Waals surface area contributed by atoms with Gasteiger partial charge in [0, 0.05) is 36.6 Å². The minimum absolute atomic E-state index is 0.0430. The molecule has 1 aromatic carbocycles. The van der Waals surface area contributed by atoms with Crippen molar-refractivity contribution in [1.82, 2.24) is 9.62 Å². The van der Waals surface area contributed by atoms with Crippen LogP contribution >= 0.6 is 11.3 Å². The summed E-state index contributed by atoms with van der Waals surface area (Å²) in [5.74, 6) is -0.295. The highest BCUT2D eigenvalue weighted by Gasteiger charge is 2.30. The number of carbonyl (C=O) groups excluding carboxylic acids is 2. The summed E-state index contributed by atoms with van der Waals surface area (Å²) in [7, 11) is -3.61. The van der Waals surface area contributed by atoms with Gasteiger partial charge in [0.15, 0.2) is 0 Å². The quantitative estimate of drug-likeness (QED) is 0.708. The summed E-state index contributed by atoms with van der Waals surface area (Å²) < 4.78 is 27.2. The lowest BCUT2D eigenvalue weighted by molar-refractivity contribution is -0.114. The molecule has 0 spiro atoms. The van der Waals surface area contributed by atoms with Gasteiger partial charge >= 0.3 is 0 Å². The summed E-state index contributed by atoms with van der Waals surface area (Å²) in [6.07, 6.45) is 2.04. The van der Waals surface area contributed by atoms with Gasteiger partial charge in [-0.15, -0.1) is 11.3 Å². The lowest BCUT2D eigenvalue weighted by atomic mass is 10.1. The predicted molar refractivity (Wildman–Crippen MR) is 118 cm³/mol. The van der Waals surface area contributed by atoms with Gasteiger partial charge in [-0.1, -0.05) is 6.92 Å². The van der Waals surface area contributed by atoms with Crippen LogP contribution < -0.4 is 10.6 Å². The number of nitrogens with one attached hydrogen (secondary N) is 2. The van der Waals surface area contributed by atoms with Gasteiger partial charge in [-0.3, -0.25) is 9.59 Å². The Labute approximate surface area is 181 Å². The minimum Gasteiger partial charge on any atom is -0.349 e. The van der Waals surface area contributed by atoms with Crippen molar-refractivity contribution in [3.63, 3.8) is 0 Å². The molecular weight excluding hydrogens is 422 g/mol. The Balaban J connectivity index is 1.58. The molecule has 9 heteroatoms. The van der Waals surface area contributed by atoms with Gasteiger partial charge in [-0.2, -0.15) is 4.31 Å². The third-order valence-electron chi connectivity index (χ3n) is 5.23. The van der Waals surface area contributed by atoms with Crippen LogP contribution in [0.25, 0.3) is 0 Å². The van der Waals surface area contributed by atoms with Gasteiger partial charge in [0.25, 0.3) is 5.91 Å². The topological polar surface area (TPSA) is 95.6 Å². The van der Waals surface area contributed by atoms with E-state index in [-0.39, 0.29) is 22.8 Å². The molecule has 0 atom stereocenters. The van der Waals surface area contributed by atoms with Crippen molar-refractivity contribution in [1.29, 1.82) is 0 Å². The van der Waals surface area contributed by atoms with E-state index >= 15 is 0 Å². The zero-order chi connectivity index (χ0) is 21.9. The number of benzene rings is 1. The van der Waals surface area contributed by atoms with E-state index in [1.807, 2.05) is 13.0 Å². The maximum absolute atomic E-state index is 12.9.